The fourth-order valence-electron chi connectivity index (χ4n) is 1.90. The third-order valence-corrected chi connectivity index (χ3v) is 2.98. The Kier molecular flexibility index (Phi) is 3.98. The summed E-state index contributed by atoms with van der Waals surface area (Å²) < 4.78 is 6.50. The minimum atomic E-state index is -0.467. The van der Waals surface area contributed by atoms with Crippen molar-refractivity contribution in [3.63, 3.8) is 0 Å². The largest absolute Gasteiger partial charge is 0.461 e. The first-order valence-corrected chi connectivity index (χ1v) is 6.23. The van der Waals surface area contributed by atoms with Gasteiger partial charge in [-0.2, -0.15) is 0 Å². The van der Waals surface area contributed by atoms with Gasteiger partial charge in [0.2, 0.25) is 0 Å². The number of nitrogens with zero attached hydrogens (tertiary/aromatic N) is 4. The monoisotopic (exact) mass is 267 g/mol. The third-order valence-electron chi connectivity index (χ3n) is 2.98. The van der Waals surface area contributed by atoms with Gasteiger partial charge in [-0.15, -0.1) is 5.10 Å². The molecule has 1 aromatic rings. The van der Waals surface area contributed by atoms with Crippen LogP contribution in [0.25, 0.3) is 0 Å². The molecule has 0 saturated carbocycles. The minimum Gasteiger partial charge on any atom is -0.461 e. The maximum absolute atomic E-state index is 11.6. The van der Waals surface area contributed by atoms with E-state index in [0.29, 0.717) is 38.5 Å². The molecule has 104 valence electrons. The van der Waals surface area contributed by atoms with Crippen LogP contribution < -0.4 is 5.32 Å². The van der Waals surface area contributed by atoms with E-state index in [2.05, 4.69) is 15.6 Å². The predicted octanol–water partition coefficient (Wildman–Crippen LogP) is -0.212. The predicted molar refractivity (Wildman–Crippen MR) is 65.7 cm³/mol. The molecule has 8 heteroatoms. The number of rotatable bonds is 5. The average Bonchev–Trinajstić information content (AvgIpc) is 2.94. The second-order valence-corrected chi connectivity index (χ2v) is 4.19. The van der Waals surface area contributed by atoms with E-state index in [1.165, 1.54) is 0 Å². The molecular weight excluding hydrogens is 250 g/mol. The zero-order valence-electron chi connectivity index (χ0n) is 11.0. The van der Waals surface area contributed by atoms with Gasteiger partial charge in [0, 0.05) is 19.6 Å². The van der Waals surface area contributed by atoms with Gasteiger partial charge in [0.15, 0.2) is 5.69 Å². The topological polar surface area (TPSA) is 89.3 Å². The second-order valence-electron chi connectivity index (χ2n) is 4.19. The van der Waals surface area contributed by atoms with E-state index >= 15 is 0 Å². The normalized spacial score (nSPS) is 14.6. The van der Waals surface area contributed by atoms with Gasteiger partial charge in [-0.3, -0.25) is 0 Å². The number of hydrogen-bond acceptors (Lipinski definition) is 5. The molecule has 1 saturated heterocycles. The number of hydrogen-bond donors (Lipinski definition) is 1. The van der Waals surface area contributed by atoms with Gasteiger partial charge in [0.05, 0.1) is 18.8 Å². The van der Waals surface area contributed by atoms with Crippen LogP contribution in [0.3, 0.4) is 0 Å². The summed E-state index contributed by atoms with van der Waals surface area (Å²) in [4.78, 5) is 24.7. The van der Waals surface area contributed by atoms with Crippen molar-refractivity contribution in [2.75, 3.05) is 26.2 Å². The molecule has 19 heavy (non-hydrogen) atoms. The van der Waals surface area contributed by atoms with Gasteiger partial charge in [0.25, 0.3) is 0 Å². The Labute approximate surface area is 110 Å². The number of esters is 1. The van der Waals surface area contributed by atoms with Crippen molar-refractivity contribution in [3.05, 3.63) is 11.4 Å². The summed E-state index contributed by atoms with van der Waals surface area (Å²) in [5.74, 6) is -0.467. The second kappa shape index (κ2) is 5.68. The summed E-state index contributed by atoms with van der Waals surface area (Å²) in [5, 5.41) is 10.5. The minimum absolute atomic E-state index is 0.0663. The molecule has 0 unspecified atom stereocenters. The Balaban J connectivity index is 1.98. The lowest BCUT2D eigenvalue weighted by atomic mass is 10.3. The van der Waals surface area contributed by atoms with Crippen LogP contribution in [0.1, 0.15) is 23.1 Å². The molecule has 0 radical (unpaired) electrons. The summed E-state index contributed by atoms with van der Waals surface area (Å²) in [6, 6.07) is -0.0663. The zero-order valence-corrected chi connectivity index (χ0v) is 11.0. The highest BCUT2D eigenvalue weighted by molar-refractivity contribution is 5.88. The molecule has 0 aromatic carbocycles. The molecule has 1 aliphatic heterocycles. The highest BCUT2D eigenvalue weighted by atomic mass is 16.5. The van der Waals surface area contributed by atoms with E-state index in [4.69, 9.17) is 4.74 Å². The van der Waals surface area contributed by atoms with Gasteiger partial charge in [-0.05, 0) is 13.8 Å². The first-order chi connectivity index (χ1) is 9.13. The van der Waals surface area contributed by atoms with E-state index in [1.807, 2.05) is 0 Å². The van der Waals surface area contributed by atoms with Crippen molar-refractivity contribution in [2.24, 2.45) is 0 Å². The van der Waals surface area contributed by atoms with Gasteiger partial charge in [-0.25, -0.2) is 14.3 Å². The number of aromatic nitrogens is 3. The number of nitrogens with one attached hydrogen (secondary N) is 1. The number of amides is 2. The van der Waals surface area contributed by atoms with Crippen molar-refractivity contribution in [1.29, 1.82) is 0 Å². The average molecular weight is 267 g/mol. The van der Waals surface area contributed by atoms with Crippen molar-refractivity contribution in [3.8, 4) is 0 Å². The Hall–Kier alpha value is -2.12. The van der Waals surface area contributed by atoms with Crippen LogP contribution in [0, 0.1) is 6.92 Å². The van der Waals surface area contributed by atoms with Crippen LogP contribution in [-0.2, 0) is 11.3 Å². The molecule has 0 aliphatic carbocycles. The Morgan fingerprint density at radius 3 is 2.89 bits per heavy atom. The lowest BCUT2D eigenvalue weighted by Gasteiger charge is -2.13. The summed E-state index contributed by atoms with van der Waals surface area (Å²) in [7, 11) is 0. The van der Waals surface area contributed by atoms with Crippen molar-refractivity contribution >= 4 is 12.0 Å². The molecule has 2 heterocycles. The van der Waals surface area contributed by atoms with Crippen LogP contribution >= 0.6 is 0 Å². The number of ether oxygens (including phenoxy) is 1. The van der Waals surface area contributed by atoms with Crippen LogP contribution in [-0.4, -0.2) is 58.1 Å². The van der Waals surface area contributed by atoms with E-state index < -0.39 is 5.97 Å². The molecule has 0 atom stereocenters. The summed E-state index contributed by atoms with van der Waals surface area (Å²) in [5.41, 5.74) is 0.880. The highest BCUT2D eigenvalue weighted by Gasteiger charge is 2.21. The molecule has 1 aromatic heterocycles. The molecule has 1 N–H and O–H groups in total. The summed E-state index contributed by atoms with van der Waals surface area (Å²) in [6.07, 6.45) is 0. The molecule has 0 spiro atoms. The first-order valence-electron chi connectivity index (χ1n) is 6.23. The fourth-order valence-corrected chi connectivity index (χ4v) is 1.90. The van der Waals surface area contributed by atoms with Crippen LogP contribution in [0.4, 0.5) is 4.79 Å². The number of carbonyl (C=O) groups is 2. The van der Waals surface area contributed by atoms with Gasteiger partial charge in [-0.1, -0.05) is 5.21 Å². The molecule has 8 nitrogen and oxygen atoms in total. The SMILES string of the molecule is CCOC(=O)c1nnn(CCN2CCNC2=O)c1C. The Morgan fingerprint density at radius 2 is 2.26 bits per heavy atom. The number of carbonyl (C=O) groups excluding carboxylic acids is 2. The van der Waals surface area contributed by atoms with Crippen molar-refractivity contribution < 1.29 is 14.3 Å². The maximum atomic E-state index is 11.6. The molecule has 1 fully saturated rings. The molecule has 1 aliphatic rings. The Bertz CT molecular complexity index is 485. The molecule has 2 rings (SSSR count). The van der Waals surface area contributed by atoms with E-state index in [0.717, 1.165) is 0 Å². The van der Waals surface area contributed by atoms with E-state index in [1.54, 1.807) is 23.4 Å². The van der Waals surface area contributed by atoms with Gasteiger partial charge in [0.1, 0.15) is 0 Å². The quantitative estimate of drug-likeness (QED) is 0.745. The van der Waals surface area contributed by atoms with Crippen LogP contribution in [0.15, 0.2) is 0 Å². The summed E-state index contributed by atoms with van der Waals surface area (Å²) in [6.45, 7) is 6.21. The number of urea groups is 1. The van der Waals surface area contributed by atoms with E-state index in [9.17, 15) is 9.59 Å². The fraction of sp³-hybridized carbons (Fsp3) is 0.636. The third kappa shape index (κ3) is 2.83. The lowest BCUT2D eigenvalue weighted by Crippen LogP contribution is -2.31. The molecule has 2 amide bonds. The standard InChI is InChI=1S/C11H17N5O3/c1-3-19-10(17)9-8(2)16(14-13-9)7-6-15-5-4-12-11(15)18/h3-7H2,1-2H3,(H,12,18). The van der Waals surface area contributed by atoms with E-state index in [-0.39, 0.29) is 11.7 Å². The lowest BCUT2D eigenvalue weighted by molar-refractivity contribution is 0.0518. The first kappa shape index (κ1) is 13.3. The highest BCUT2D eigenvalue weighted by Crippen LogP contribution is 2.06. The van der Waals surface area contributed by atoms with Gasteiger partial charge < -0.3 is 15.0 Å². The van der Waals surface area contributed by atoms with Crippen molar-refractivity contribution in [1.82, 2.24) is 25.2 Å². The van der Waals surface area contributed by atoms with Crippen LogP contribution in [0.5, 0.6) is 0 Å². The smallest absolute Gasteiger partial charge is 0.360 e. The molecule has 0 bridgehead atoms. The molecular formula is C11H17N5O3. The summed E-state index contributed by atoms with van der Waals surface area (Å²) >= 11 is 0. The van der Waals surface area contributed by atoms with Crippen LogP contribution in [0.2, 0.25) is 0 Å². The zero-order chi connectivity index (χ0) is 13.8. The maximum Gasteiger partial charge on any atom is 0.360 e. The van der Waals surface area contributed by atoms with Crippen molar-refractivity contribution in [2.45, 2.75) is 20.4 Å². The van der Waals surface area contributed by atoms with Gasteiger partial charge >= 0.3 is 12.0 Å². The Morgan fingerprint density at radius 1 is 1.47 bits per heavy atom.